The fourth-order valence-electron chi connectivity index (χ4n) is 3.13. The standard InChI is InChI=1S/C23H22O/c1-3-17-15-21(16-18(4-2)23(17)24)22(19-11-7-5-8-12-19)20-13-9-6-10-14-20/h5-16H,3-4H2,1-2H3. The summed E-state index contributed by atoms with van der Waals surface area (Å²) < 4.78 is 0. The van der Waals surface area contributed by atoms with E-state index in [1.807, 2.05) is 26.0 Å². The second-order valence-corrected chi connectivity index (χ2v) is 5.94. The highest BCUT2D eigenvalue weighted by Gasteiger charge is 2.20. The van der Waals surface area contributed by atoms with Gasteiger partial charge < -0.3 is 0 Å². The van der Waals surface area contributed by atoms with Crippen LogP contribution in [0.15, 0.2) is 89.5 Å². The fourth-order valence-corrected chi connectivity index (χ4v) is 3.13. The third-order valence-corrected chi connectivity index (χ3v) is 4.42. The van der Waals surface area contributed by atoms with Crippen LogP contribution in [0.5, 0.6) is 0 Å². The summed E-state index contributed by atoms with van der Waals surface area (Å²) in [5.74, 6) is 0.198. The van der Waals surface area contributed by atoms with Crippen LogP contribution in [-0.2, 0) is 4.79 Å². The average Bonchev–Trinajstić information content (AvgIpc) is 2.65. The monoisotopic (exact) mass is 314 g/mol. The number of rotatable bonds is 4. The molecule has 0 radical (unpaired) electrons. The lowest BCUT2D eigenvalue weighted by atomic mass is 9.85. The number of carbonyl (C=O) groups excluding carboxylic acids is 1. The van der Waals surface area contributed by atoms with Gasteiger partial charge in [0, 0.05) is 11.1 Å². The zero-order valence-electron chi connectivity index (χ0n) is 14.3. The minimum absolute atomic E-state index is 0.198. The van der Waals surface area contributed by atoms with Crippen LogP contribution >= 0.6 is 0 Å². The van der Waals surface area contributed by atoms with Crippen molar-refractivity contribution < 1.29 is 4.79 Å². The maximum absolute atomic E-state index is 12.5. The molecule has 0 bridgehead atoms. The summed E-state index contributed by atoms with van der Waals surface area (Å²) in [5.41, 5.74) is 6.45. The molecule has 0 saturated carbocycles. The minimum Gasteiger partial charge on any atom is -0.289 e. The van der Waals surface area contributed by atoms with Gasteiger partial charge in [-0.05, 0) is 47.3 Å². The third-order valence-electron chi connectivity index (χ3n) is 4.42. The predicted molar refractivity (Wildman–Crippen MR) is 101 cm³/mol. The first-order valence-electron chi connectivity index (χ1n) is 8.55. The lowest BCUT2D eigenvalue weighted by molar-refractivity contribution is -0.112. The van der Waals surface area contributed by atoms with Crippen molar-refractivity contribution in [1.82, 2.24) is 0 Å². The SMILES string of the molecule is CCC1=CC(=C(c2ccccc2)c2ccccc2)C=C(CC)C1=O. The van der Waals surface area contributed by atoms with Crippen molar-refractivity contribution in [2.45, 2.75) is 26.7 Å². The molecule has 0 saturated heterocycles. The van der Waals surface area contributed by atoms with Crippen LogP contribution in [0, 0.1) is 0 Å². The molecule has 0 aliphatic heterocycles. The van der Waals surface area contributed by atoms with Crippen LogP contribution in [0.3, 0.4) is 0 Å². The van der Waals surface area contributed by atoms with Crippen molar-refractivity contribution in [3.05, 3.63) is 101 Å². The Morgan fingerprint density at radius 2 is 1.12 bits per heavy atom. The maximum Gasteiger partial charge on any atom is 0.185 e. The summed E-state index contributed by atoms with van der Waals surface area (Å²) in [5, 5.41) is 0. The first-order valence-corrected chi connectivity index (χ1v) is 8.55. The molecule has 0 spiro atoms. The van der Waals surface area contributed by atoms with Crippen LogP contribution in [0.4, 0.5) is 0 Å². The van der Waals surface area contributed by atoms with E-state index in [1.54, 1.807) is 0 Å². The van der Waals surface area contributed by atoms with E-state index in [1.165, 1.54) is 16.7 Å². The number of ketones is 1. The van der Waals surface area contributed by atoms with E-state index in [2.05, 4.69) is 60.7 Å². The molecular formula is C23H22O. The second-order valence-electron chi connectivity index (χ2n) is 5.94. The van der Waals surface area contributed by atoms with Gasteiger partial charge in [-0.1, -0.05) is 74.5 Å². The highest BCUT2D eigenvalue weighted by atomic mass is 16.1. The van der Waals surface area contributed by atoms with Gasteiger partial charge in [-0.3, -0.25) is 4.79 Å². The predicted octanol–water partition coefficient (Wildman–Crippen LogP) is 5.74. The minimum atomic E-state index is 0.198. The summed E-state index contributed by atoms with van der Waals surface area (Å²) in [4.78, 5) is 12.5. The summed E-state index contributed by atoms with van der Waals surface area (Å²) >= 11 is 0. The molecule has 0 N–H and O–H groups in total. The van der Waals surface area contributed by atoms with E-state index in [4.69, 9.17) is 0 Å². The Morgan fingerprint density at radius 3 is 1.50 bits per heavy atom. The normalized spacial score (nSPS) is 14.2. The van der Waals surface area contributed by atoms with E-state index in [9.17, 15) is 4.79 Å². The van der Waals surface area contributed by atoms with Gasteiger partial charge in [-0.15, -0.1) is 0 Å². The van der Waals surface area contributed by atoms with E-state index < -0.39 is 0 Å². The number of Topliss-reactive ketones (excluding diaryl/α,β-unsaturated/α-hetero) is 1. The molecule has 24 heavy (non-hydrogen) atoms. The van der Waals surface area contributed by atoms with Gasteiger partial charge in [-0.25, -0.2) is 0 Å². The summed E-state index contributed by atoms with van der Waals surface area (Å²) in [6.45, 7) is 4.09. The van der Waals surface area contributed by atoms with Crippen molar-refractivity contribution in [3.63, 3.8) is 0 Å². The van der Waals surface area contributed by atoms with Crippen molar-refractivity contribution in [2.75, 3.05) is 0 Å². The Morgan fingerprint density at radius 1 is 0.708 bits per heavy atom. The third kappa shape index (κ3) is 3.16. The molecule has 0 atom stereocenters. The van der Waals surface area contributed by atoms with Crippen LogP contribution in [-0.4, -0.2) is 5.78 Å². The van der Waals surface area contributed by atoms with E-state index in [0.717, 1.165) is 29.6 Å². The van der Waals surface area contributed by atoms with Crippen molar-refractivity contribution in [3.8, 4) is 0 Å². The molecule has 0 unspecified atom stereocenters. The summed E-state index contributed by atoms with van der Waals surface area (Å²) in [6.07, 6.45) is 5.65. The summed E-state index contributed by atoms with van der Waals surface area (Å²) in [7, 11) is 0. The van der Waals surface area contributed by atoms with Crippen LogP contribution in [0.25, 0.3) is 5.57 Å². The van der Waals surface area contributed by atoms with Crippen LogP contribution < -0.4 is 0 Å². The molecule has 0 amide bonds. The molecule has 2 aromatic rings. The molecule has 0 heterocycles. The van der Waals surface area contributed by atoms with Crippen molar-refractivity contribution in [1.29, 1.82) is 0 Å². The second kappa shape index (κ2) is 7.27. The van der Waals surface area contributed by atoms with E-state index in [-0.39, 0.29) is 5.78 Å². The average molecular weight is 314 g/mol. The smallest absolute Gasteiger partial charge is 0.185 e. The fraction of sp³-hybridized carbons (Fsp3) is 0.174. The number of benzene rings is 2. The zero-order valence-corrected chi connectivity index (χ0v) is 14.3. The number of carbonyl (C=O) groups is 1. The Balaban J connectivity index is 2.28. The lowest BCUT2D eigenvalue weighted by Crippen LogP contribution is -2.11. The molecule has 0 fully saturated rings. The van der Waals surface area contributed by atoms with Gasteiger partial charge in [0.25, 0.3) is 0 Å². The van der Waals surface area contributed by atoms with Gasteiger partial charge in [0.1, 0.15) is 0 Å². The van der Waals surface area contributed by atoms with Crippen LogP contribution in [0.1, 0.15) is 37.8 Å². The lowest BCUT2D eigenvalue weighted by Gasteiger charge is -2.18. The van der Waals surface area contributed by atoms with E-state index >= 15 is 0 Å². The number of hydrogen-bond acceptors (Lipinski definition) is 1. The molecule has 1 aliphatic rings. The first kappa shape index (κ1) is 16.2. The molecule has 1 aliphatic carbocycles. The first-order chi connectivity index (χ1) is 11.7. The van der Waals surface area contributed by atoms with Gasteiger partial charge in [0.05, 0.1) is 0 Å². The van der Waals surface area contributed by atoms with Crippen molar-refractivity contribution >= 4 is 11.4 Å². The highest BCUT2D eigenvalue weighted by molar-refractivity contribution is 6.11. The Labute approximate surface area is 144 Å². The topological polar surface area (TPSA) is 17.1 Å². The Hall–Kier alpha value is -2.67. The molecule has 2 aromatic carbocycles. The molecule has 1 nitrogen and oxygen atoms in total. The Bertz CT molecular complexity index is 753. The number of hydrogen-bond donors (Lipinski definition) is 0. The molecule has 3 rings (SSSR count). The van der Waals surface area contributed by atoms with Gasteiger partial charge >= 0.3 is 0 Å². The van der Waals surface area contributed by atoms with Gasteiger partial charge in [-0.2, -0.15) is 0 Å². The number of allylic oxidation sites excluding steroid dienone is 5. The molecule has 1 heteroatoms. The van der Waals surface area contributed by atoms with Crippen molar-refractivity contribution in [2.24, 2.45) is 0 Å². The van der Waals surface area contributed by atoms with Gasteiger partial charge in [0.15, 0.2) is 5.78 Å². The molecule has 0 aromatic heterocycles. The highest BCUT2D eigenvalue weighted by Crippen LogP contribution is 2.33. The summed E-state index contributed by atoms with van der Waals surface area (Å²) in [6, 6.07) is 20.8. The maximum atomic E-state index is 12.5. The van der Waals surface area contributed by atoms with Crippen LogP contribution in [0.2, 0.25) is 0 Å². The zero-order chi connectivity index (χ0) is 16.9. The quantitative estimate of drug-likeness (QED) is 0.703. The molecular weight excluding hydrogens is 292 g/mol. The van der Waals surface area contributed by atoms with Gasteiger partial charge in [0.2, 0.25) is 0 Å². The molecule has 120 valence electrons. The Kier molecular flexibility index (Phi) is 4.90. The largest absolute Gasteiger partial charge is 0.289 e. The van der Waals surface area contributed by atoms with E-state index in [0.29, 0.717) is 0 Å².